The molecule has 3 rings (SSSR count). The molecule has 3 aromatic rings. The summed E-state index contributed by atoms with van der Waals surface area (Å²) in [6.07, 6.45) is -0.0745. The maximum Gasteiger partial charge on any atom is 0.336 e. The van der Waals surface area contributed by atoms with E-state index in [0.717, 1.165) is 16.5 Å². The zero-order valence-corrected chi connectivity index (χ0v) is 16.7. The maximum atomic E-state index is 12.8. The van der Waals surface area contributed by atoms with Crippen molar-refractivity contribution >= 4 is 16.9 Å². The topological polar surface area (TPSA) is 85.8 Å². The van der Waals surface area contributed by atoms with Crippen LogP contribution in [0, 0.1) is 13.8 Å². The molecule has 0 fully saturated rings. The zero-order valence-electron chi connectivity index (χ0n) is 16.7. The molecule has 1 unspecified atom stereocenters. The van der Waals surface area contributed by atoms with Gasteiger partial charge < -0.3 is 18.6 Å². The van der Waals surface area contributed by atoms with Crippen LogP contribution in [0.4, 0.5) is 0 Å². The van der Waals surface area contributed by atoms with E-state index in [1.165, 1.54) is 6.07 Å². The number of carbonyl (C=O) groups is 1. The van der Waals surface area contributed by atoms with Crippen LogP contribution < -0.4 is 10.4 Å². The molecule has 0 aliphatic carbocycles. The Morgan fingerprint density at radius 2 is 2.00 bits per heavy atom. The molecule has 0 saturated carbocycles. The largest absolute Gasteiger partial charge is 0.480 e. The molecule has 7 heteroatoms. The minimum Gasteiger partial charge on any atom is -0.480 e. The number of hydrogen-bond acceptors (Lipinski definition) is 6. The standard InChI is InChI=1S/C21H24N2O5/c1-6-15-10-19(24)27-18-8-12(2)7-17(20(15)18)26-14(4)21(25)23(5)11-16-9-13(3)28-22-16/h7-10,14H,6,11H2,1-5H3. The molecule has 1 atom stereocenters. The first-order chi connectivity index (χ1) is 13.3. The fraction of sp³-hybridized carbons (Fsp3) is 0.381. The monoisotopic (exact) mass is 384 g/mol. The first kappa shape index (κ1) is 19.7. The molecule has 1 aromatic carbocycles. The molecule has 7 nitrogen and oxygen atoms in total. The number of carbonyl (C=O) groups excluding carboxylic acids is 1. The van der Waals surface area contributed by atoms with Gasteiger partial charge in [-0.25, -0.2) is 4.79 Å². The van der Waals surface area contributed by atoms with Crippen LogP contribution in [0.5, 0.6) is 5.75 Å². The summed E-state index contributed by atoms with van der Waals surface area (Å²) in [5, 5.41) is 4.64. The number of amides is 1. The number of nitrogens with zero attached hydrogens (tertiary/aromatic N) is 2. The van der Waals surface area contributed by atoms with Gasteiger partial charge in [-0.1, -0.05) is 12.1 Å². The van der Waals surface area contributed by atoms with Crippen LogP contribution in [0.3, 0.4) is 0 Å². The summed E-state index contributed by atoms with van der Waals surface area (Å²) in [7, 11) is 1.69. The molecule has 28 heavy (non-hydrogen) atoms. The van der Waals surface area contributed by atoms with E-state index in [2.05, 4.69) is 5.16 Å². The van der Waals surface area contributed by atoms with Crippen LogP contribution in [0.2, 0.25) is 0 Å². The number of ether oxygens (including phenoxy) is 1. The molecule has 0 aliphatic rings. The van der Waals surface area contributed by atoms with Crippen molar-refractivity contribution in [2.75, 3.05) is 7.05 Å². The summed E-state index contributed by atoms with van der Waals surface area (Å²) in [5.74, 6) is 1.04. The first-order valence-corrected chi connectivity index (χ1v) is 9.19. The molecule has 0 N–H and O–H groups in total. The van der Waals surface area contributed by atoms with Crippen LogP contribution in [-0.4, -0.2) is 29.1 Å². The van der Waals surface area contributed by atoms with E-state index in [1.807, 2.05) is 19.9 Å². The SMILES string of the molecule is CCc1cc(=O)oc2cc(C)cc(OC(C)C(=O)N(C)Cc3cc(C)on3)c12. The average Bonchev–Trinajstić information content (AvgIpc) is 3.04. The summed E-state index contributed by atoms with van der Waals surface area (Å²) >= 11 is 0. The van der Waals surface area contributed by atoms with Crippen molar-refractivity contribution in [3.63, 3.8) is 0 Å². The second-order valence-electron chi connectivity index (χ2n) is 6.96. The van der Waals surface area contributed by atoms with Crippen molar-refractivity contribution in [1.29, 1.82) is 0 Å². The van der Waals surface area contributed by atoms with E-state index >= 15 is 0 Å². The van der Waals surface area contributed by atoms with Crippen molar-refractivity contribution in [3.05, 3.63) is 57.3 Å². The Kier molecular flexibility index (Phi) is 5.53. The highest BCUT2D eigenvalue weighted by atomic mass is 16.5. The molecule has 148 valence electrons. The second-order valence-corrected chi connectivity index (χ2v) is 6.96. The predicted octanol–water partition coefficient (Wildman–Crippen LogP) is 3.39. The Morgan fingerprint density at radius 1 is 1.25 bits per heavy atom. The highest BCUT2D eigenvalue weighted by Gasteiger charge is 2.22. The van der Waals surface area contributed by atoms with E-state index in [1.54, 1.807) is 37.9 Å². The lowest BCUT2D eigenvalue weighted by atomic mass is 10.0. The summed E-state index contributed by atoms with van der Waals surface area (Å²) in [6.45, 7) is 7.67. The smallest absolute Gasteiger partial charge is 0.336 e. The Bertz CT molecular complexity index is 1070. The average molecular weight is 384 g/mol. The second kappa shape index (κ2) is 7.88. The van der Waals surface area contributed by atoms with Crippen LogP contribution in [0.1, 0.15) is 36.4 Å². The summed E-state index contributed by atoms with van der Waals surface area (Å²) in [5.41, 5.74) is 2.45. The lowest BCUT2D eigenvalue weighted by Crippen LogP contribution is -2.37. The third-order valence-corrected chi connectivity index (χ3v) is 4.52. The van der Waals surface area contributed by atoms with Crippen LogP contribution in [-0.2, 0) is 17.8 Å². The predicted molar refractivity (Wildman–Crippen MR) is 104 cm³/mol. The quantitative estimate of drug-likeness (QED) is 0.606. The van der Waals surface area contributed by atoms with Gasteiger partial charge in [0.1, 0.15) is 22.8 Å². The molecule has 2 heterocycles. The van der Waals surface area contributed by atoms with Gasteiger partial charge in [-0.15, -0.1) is 0 Å². The highest BCUT2D eigenvalue weighted by molar-refractivity contribution is 5.88. The minimum absolute atomic E-state index is 0.189. The molecule has 1 amide bonds. The fourth-order valence-corrected chi connectivity index (χ4v) is 3.21. The molecule has 0 saturated heterocycles. The van der Waals surface area contributed by atoms with Gasteiger partial charge in [0.2, 0.25) is 0 Å². The van der Waals surface area contributed by atoms with Gasteiger partial charge in [0, 0.05) is 19.2 Å². The molecule has 0 spiro atoms. The molecular formula is C21H24N2O5. The van der Waals surface area contributed by atoms with E-state index in [0.29, 0.717) is 35.8 Å². The van der Waals surface area contributed by atoms with E-state index < -0.39 is 11.7 Å². The summed E-state index contributed by atoms with van der Waals surface area (Å²) in [4.78, 5) is 26.1. The van der Waals surface area contributed by atoms with E-state index in [-0.39, 0.29) is 5.91 Å². The number of fused-ring (bicyclic) bond motifs is 1. The minimum atomic E-state index is -0.723. The zero-order chi connectivity index (χ0) is 20.4. The van der Waals surface area contributed by atoms with Gasteiger partial charge in [0.25, 0.3) is 5.91 Å². The van der Waals surface area contributed by atoms with Crippen LogP contribution in [0.15, 0.2) is 38.0 Å². The lowest BCUT2D eigenvalue weighted by Gasteiger charge is -2.22. The summed E-state index contributed by atoms with van der Waals surface area (Å²) in [6, 6.07) is 6.91. The van der Waals surface area contributed by atoms with Crippen molar-refractivity contribution in [3.8, 4) is 5.75 Å². The molecule has 0 radical (unpaired) electrons. The molecular weight excluding hydrogens is 360 g/mol. The normalized spacial score (nSPS) is 12.2. The molecule has 2 aromatic heterocycles. The third-order valence-electron chi connectivity index (χ3n) is 4.52. The first-order valence-electron chi connectivity index (χ1n) is 9.19. The number of rotatable bonds is 6. The van der Waals surface area contributed by atoms with Gasteiger partial charge in [-0.05, 0) is 50.5 Å². The number of likely N-dealkylation sites (N-methyl/N-ethyl adjacent to an activating group) is 1. The molecule has 0 aliphatic heterocycles. The van der Waals surface area contributed by atoms with Gasteiger partial charge in [-0.2, -0.15) is 0 Å². The Balaban J connectivity index is 1.86. The summed E-state index contributed by atoms with van der Waals surface area (Å²) < 4.78 is 16.4. The number of benzene rings is 1. The lowest BCUT2D eigenvalue weighted by molar-refractivity contribution is -0.137. The van der Waals surface area contributed by atoms with Crippen LogP contribution in [0.25, 0.3) is 11.0 Å². The van der Waals surface area contributed by atoms with Crippen molar-refractivity contribution in [2.24, 2.45) is 0 Å². The van der Waals surface area contributed by atoms with Crippen molar-refractivity contribution in [2.45, 2.75) is 46.8 Å². The van der Waals surface area contributed by atoms with Gasteiger partial charge in [-0.3, -0.25) is 4.79 Å². The Labute approximate surface area is 162 Å². The third kappa shape index (κ3) is 4.08. The number of aromatic nitrogens is 1. The Hall–Kier alpha value is -3.09. The van der Waals surface area contributed by atoms with E-state index in [9.17, 15) is 9.59 Å². The number of hydrogen-bond donors (Lipinski definition) is 0. The van der Waals surface area contributed by atoms with Gasteiger partial charge in [0.15, 0.2) is 6.10 Å². The van der Waals surface area contributed by atoms with Gasteiger partial charge in [0.05, 0.1) is 11.9 Å². The fourth-order valence-electron chi connectivity index (χ4n) is 3.21. The van der Waals surface area contributed by atoms with Gasteiger partial charge >= 0.3 is 5.63 Å². The van der Waals surface area contributed by atoms with E-state index in [4.69, 9.17) is 13.7 Å². The Morgan fingerprint density at radius 3 is 2.64 bits per heavy atom. The van der Waals surface area contributed by atoms with Crippen molar-refractivity contribution in [1.82, 2.24) is 10.1 Å². The van der Waals surface area contributed by atoms with Crippen molar-refractivity contribution < 1.29 is 18.5 Å². The molecule has 0 bridgehead atoms. The number of aryl methyl sites for hydroxylation is 3. The maximum absolute atomic E-state index is 12.8. The van der Waals surface area contributed by atoms with Crippen LogP contribution >= 0.6 is 0 Å². The highest BCUT2D eigenvalue weighted by Crippen LogP contribution is 2.31.